The Morgan fingerprint density at radius 1 is 1.16 bits per heavy atom. The second kappa shape index (κ2) is 12.3. The monoisotopic (exact) mass is 517 g/mol. The lowest BCUT2D eigenvalue weighted by molar-refractivity contribution is -0.137. The molecule has 1 aliphatic rings. The molecule has 2 N–H and O–H groups in total. The number of benzene rings is 2. The number of piperidine rings is 1. The Morgan fingerprint density at radius 2 is 1.87 bits per heavy atom. The molecule has 0 bridgehead atoms. The molecular formula is C29H31N3O6. The number of esters is 1. The fourth-order valence-electron chi connectivity index (χ4n) is 3.88. The quantitative estimate of drug-likeness (QED) is 0.250. The summed E-state index contributed by atoms with van der Waals surface area (Å²) < 4.78 is 5.33. The van der Waals surface area contributed by atoms with E-state index in [2.05, 4.69) is 22.5 Å². The maximum Gasteiger partial charge on any atom is 0.338 e. The molecule has 0 radical (unpaired) electrons. The van der Waals surface area contributed by atoms with Crippen LogP contribution >= 0.6 is 0 Å². The average molecular weight is 518 g/mol. The molecule has 198 valence electrons. The van der Waals surface area contributed by atoms with Crippen LogP contribution < -0.4 is 10.6 Å². The summed E-state index contributed by atoms with van der Waals surface area (Å²) in [5.74, 6) is 3.74. The van der Waals surface area contributed by atoms with Crippen LogP contribution in [0.1, 0.15) is 71.0 Å². The van der Waals surface area contributed by atoms with Crippen LogP contribution in [0.5, 0.6) is 0 Å². The zero-order valence-electron chi connectivity index (χ0n) is 21.9. The van der Waals surface area contributed by atoms with E-state index in [-0.39, 0.29) is 24.8 Å². The van der Waals surface area contributed by atoms with E-state index in [9.17, 15) is 24.0 Å². The normalized spacial score (nSPS) is 15.2. The molecule has 2 aromatic rings. The van der Waals surface area contributed by atoms with Crippen molar-refractivity contribution in [1.29, 1.82) is 0 Å². The van der Waals surface area contributed by atoms with Crippen molar-refractivity contribution in [3.63, 3.8) is 0 Å². The second-order valence-corrected chi connectivity index (χ2v) is 10.0. The summed E-state index contributed by atoms with van der Waals surface area (Å²) in [6.45, 7) is 5.89. The highest BCUT2D eigenvalue weighted by Crippen LogP contribution is 2.18. The highest BCUT2D eigenvalue weighted by Gasteiger charge is 2.30. The molecule has 3 rings (SSSR count). The average Bonchev–Trinajstić information content (AvgIpc) is 2.85. The molecule has 1 unspecified atom stereocenters. The minimum Gasteiger partial charge on any atom is -0.456 e. The van der Waals surface area contributed by atoms with Crippen molar-refractivity contribution < 1.29 is 28.7 Å². The second-order valence-electron chi connectivity index (χ2n) is 10.0. The molecule has 3 amide bonds. The third kappa shape index (κ3) is 8.11. The lowest BCUT2D eigenvalue weighted by Gasteiger charge is -2.30. The van der Waals surface area contributed by atoms with Gasteiger partial charge in [0.05, 0.1) is 11.6 Å². The topological polar surface area (TPSA) is 122 Å². The molecular weight excluding hydrogens is 486 g/mol. The molecule has 0 aliphatic carbocycles. The van der Waals surface area contributed by atoms with E-state index in [0.29, 0.717) is 35.2 Å². The predicted molar refractivity (Wildman–Crippen MR) is 140 cm³/mol. The first-order valence-electron chi connectivity index (χ1n) is 12.2. The number of amides is 3. The Morgan fingerprint density at radius 3 is 2.50 bits per heavy atom. The fourth-order valence-corrected chi connectivity index (χ4v) is 3.88. The highest BCUT2D eigenvalue weighted by atomic mass is 16.6. The number of nitrogens with zero attached hydrogens (tertiary/aromatic N) is 1. The third-order valence-electron chi connectivity index (χ3n) is 5.79. The van der Waals surface area contributed by atoms with Gasteiger partial charge in [-0.2, -0.15) is 0 Å². The van der Waals surface area contributed by atoms with Crippen molar-refractivity contribution >= 4 is 30.0 Å². The van der Waals surface area contributed by atoms with Crippen LogP contribution in [-0.2, 0) is 32.2 Å². The number of imide groups is 1. The number of carbonyl (C=O) groups is 5. The summed E-state index contributed by atoms with van der Waals surface area (Å²) in [6.07, 6.45) is 1.42. The molecule has 1 heterocycles. The summed E-state index contributed by atoms with van der Waals surface area (Å²) >= 11 is 0. The molecule has 0 saturated carbocycles. The lowest BCUT2D eigenvalue weighted by Crippen LogP contribution is -2.51. The van der Waals surface area contributed by atoms with Crippen molar-refractivity contribution in [2.45, 2.75) is 58.3 Å². The largest absolute Gasteiger partial charge is 0.456 e. The first-order valence-corrected chi connectivity index (χ1v) is 12.2. The van der Waals surface area contributed by atoms with Gasteiger partial charge < -0.3 is 10.1 Å². The smallest absolute Gasteiger partial charge is 0.338 e. The summed E-state index contributed by atoms with van der Waals surface area (Å²) in [5, 5.41) is 5.07. The predicted octanol–water partition coefficient (Wildman–Crippen LogP) is 2.36. The third-order valence-corrected chi connectivity index (χ3v) is 5.79. The number of aldehydes is 1. The van der Waals surface area contributed by atoms with E-state index in [1.165, 1.54) is 0 Å². The van der Waals surface area contributed by atoms with Gasteiger partial charge in [-0.1, -0.05) is 24.1 Å². The molecule has 0 spiro atoms. The summed E-state index contributed by atoms with van der Waals surface area (Å²) in [5.41, 5.74) is 2.32. The van der Waals surface area contributed by atoms with E-state index in [1.807, 2.05) is 0 Å². The molecule has 1 saturated heterocycles. The summed E-state index contributed by atoms with van der Waals surface area (Å²) in [4.78, 5) is 61.3. The number of nitrogens with one attached hydrogen (secondary N) is 2. The molecule has 2 aromatic carbocycles. The Bertz CT molecular complexity index is 1300. The maximum absolute atomic E-state index is 12.3. The Balaban J connectivity index is 1.59. The van der Waals surface area contributed by atoms with Crippen molar-refractivity contribution in [3.8, 4) is 11.8 Å². The Kier molecular flexibility index (Phi) is 9.16. The van der Waals surface area contributed by atoms with E-state index < -0.39 is 23.5 Å². The number of carbonyl (C=O) groups excluding carboxylic acids is 5. The van der Waals surface area contributed by atoms with Crippen LogP contribution in [0.2, 0.25) is 0 Å². The first kappa shape index (κ1) is 28.3. The van der Waals surface area contributed by atoms with Gasteiger partial charge in [-0.25, -0.2) is 4.79 Å². The van der Waals surface area contributed by atoms with Crippen LogP contribution in [0, 0.1) is 11.8 Å². The van der Waals surface area contributed by atoms with Crippen LogP contribution in [0.15, 0.2) is 42.5 Å². The molecule has 9 nitrogen and oxygen atoms in total. The Labute approximate surface area is 221 Å². The number of hydrogen-bond donors (Lipinski definition) is 2. The Hall–Kier alpha value is -4.29. The zero-order valence-corrected chi connectivity index (χ0v) is 21.9. The molecule has 9 heteroatoms. The number of likely N-dealkylation sites (N-methyl/N-ethyl adjacent to an activating group) is 1. The van der Waals surface area contributed by atoms with Crippen molar-refractivity contribution in [1.82, 2.24) is 15.5 Å². The van der Waals surface area contributed by atoms with Gasteiger partial charge in [0.2, 0.25) is 11.8 Å². The van der Waals surface area contributed by atoms with Crippen molar-refractivity contribution in [3.05, 3.63) is 70.3 Å². The van der Waals surface area contributed by atoms with Gasteiger partial charge in [-0.05, 0) is 69.6 Å². The summed E-state index contributed by atoms with van der Waals surface area (Å²) in [6, 6.07) is 11.2. The number of hydrogen-bond acceptors (Lipinski definition) is 7. The highest BCUT2D eigenvalue weighted by molar-refractivity contribution is 6.00. The molecule has 1 aliphatic heterocycles. The molecule has 1 atom stereocenters. The maximum atomic E-state index is 12.3. The molecule has 0 aromatic heterocycles. The van der Waals surface area contributed by atoms with Crippen LogP contribution in [-0.4, -0.2) is 53.6 Å². The van der Waals surface area contributed by atoms with Gasteiger partial charge in [-0.3, -0.25) is 29.4 Å². The summed E-state index contributed by atoms with van der Waals surface area (Å²) in [7, 11) is 1.76. The van der Waals surface area contributed by atoms with Crippen LogP contribution in [0.3, 0.4) is 0 Å². The molecule has 38 heavy (non-hydrogen) atoms. The fraction of sp³-hybridized carbons (Fsp3) is 0.345. The van der Waals surface area contributed by atoms with Gasteiger partial charge in [0.25, 0.3) is 5.91 Å². The van der Waals surface area contributed by atoms with Gasteiger partial charge in [0.1, 0.15) is 11.9 Å². The molecule has 1 fully saturated rings. The number of ether oxygens (including phenoxy) is 1. The van der Waals surface area contributed by atoms with E-state index in [1.54, 1.807) is 75.2 Å². The van der Waals surface area contributed by atoms with Crippen molar-refractivity contribution in [2.24, 2.45) is 0 Å². The minimum absolute atomic E-state index is 0.194. The van der Waals surface area contributed by atoms with Crippen molar-refractivity contribution in [2.75, 3.05) is 7.05 Å². The van der Waals surface area contributed by atoms with Gasteiger partial charge in [0, 0.05) is 36.6 Å². The van der Waals surface area contributed by atoms with E-state index in [4.69, 9.17) is 4.74 Å². The van der Waals surface area contributed by atoms with E-state index >= 15 is 0 Å². The van der Waals surface area contributed by atoms with Crippen LogP contribution in [0.25, 0.3) is 0 Å². The first-order chi connectivity index (χ1) is 17.9. The van der Waals surface area contributed by atoms with Gasteiger partial charge >= 0.3 is 5.97 Å². The minimum atomic E-state index is -0.592. The standard InChI is InChI=1S/C29H31N3O6/c1-29(2,3)38-28(37)21-9-5-19(6-10-21)8-13-25(34)30-16-20-7-11-22(18-33)23(15-20)17-32(4)24-12-14-26(35)31-27(24)36/h5-7,9-11,15,18,24H,12,14,16-17H2,1-4H3,(H,30,34)(H,31,35,36). The van der Waals surface area contributed by atoms with E-state index in [0.717, 1.165) is 11.8 Å². The van der Waals surface area contributed by atoms with Gasteiger partial charge in [0.15, 0.2) is 0 Å². The SMILES string of the molecule is CN(Cc1cc(CNC(=O)C#Cc2ccc(C(=O)OC(C)(C)C)cc2)ccc1C=O)C1CCC(=O)NC1=O. The number of rotatable bonds is 7. The van der Waals surface area contributed by atoms with Gasteiger partial charge in [-0.15, -0.1) is 0 Å². The lowest BCUT2D eigenvalue weighted by atomic mass is 10.0. The zero-order chi connectivity index (χ0) is 27.9. The van der Waals surface area contributed by atoms with Crippen LogP contribution in [0.4, 0.5) is 0 Å².